The lowest BCUT2D eigenvalue weighted by atomic mass is 9.99. The number of anilines is 1. The van der Waals surface area contributed by atoms with E-state index in [1.165, 1.54) is 0 Å². The highest BCUT2D eigenvalue weighted by Crippen LogP contribution is 2.18. The monoisotopic (exact) mass is 340 g/mol. The SMILES string of the molecule is C=CC=CC(=C)C(=C)OCc1ccnc(NC(=O)C2CCOCC2)c1. The number of aromatic nitrogens is 1. The molecule has 0 saturated carbocycles. The van der Waals surface area contributed by atoms with Crippen LogP contribution >= 0.6 is 0 Å². The van der Waals surface area contributed by atoms with Gasteiger partial charge in [0.15, 0.2) is 0 Å². The first-order valence-corrected chi connectivity index (χ1v) is 8.23. The predicted octanol–water partition coefficient (Wildman–Crippen LogP) is 3.78. The van der Waals surface area contributed by atoms with E-state index < -0.39 is 0 Å². The molecule has 0 aromatic carbocycles. The van der Waals surface area contributed by atoms with E-state index >= 15 is 0 Å². The molecule has 2 rings (SSSR count). The van der Waals surface area contributed by atoms with Crippen molar-refractivity contribution in [3.63, 3.8) is 0 Å². The second-order valence-electron chi connectivity index (χ2n) is 5.76. The van der Waals surface area contributed by atoms with Gasteiger partial charge in [-0.3, -0.25) is 4.79 Å². The average molecular weight is 340 g/mol. The van der Waals surface area contributed by atoms with Crippen molar-refractivity contribution in [2.24, 2.45) is 5.92 Å². The van der Waals surface area contributed by atoms with Crippen molar-refractivity contribution in [3.05, 3.63) is 73.2 Å². The molecule has 0 bridgehead atoms. The molecule has 1 amide bonds. The molecule has 132 valence electrons. The number of amides is 1. The summed E-state index contributed by atoms with van der Waals surface area (Å²) in [6.07, 6.45) is 8.35. The fourth-order valence-electron chi connectivity index (χ4n) is 2.36. The topological polar surface area (TPSA) is 60.5 Å². The van der Waals surface area contributed by atoms with Crippen LogP contribution in [0.25, 0.3) is 0 Å². The van der Waals surface area contributed by atoms with E-state index in [0.29, 0.717) is 37.0 Å². The molecule has 0 aliphatic carbocycles. The van der Waals surface area contributed by atoms with Crippen LogP contribution in [0.5, 0.6) is 0 Å². The number of hydrogen-bond acceptors (Lipinski definition) is 4. The van der Waals surface area contributed by atoms with E-state index in [9.17, 15) is 4.79 Å². The van der Waals surface area contributed by atoms with Crippen LogP contribution in [-0.2, 0) is 20.9 Å². The summed E-state index contributed by atoms with van der Waals surface area (Å²) < 4.78 is 10.9. The number of nitrogens with zero attached hydrogens (tertiary/aromatic N) is 1. The molecule has 5 heteroatoms. The van der Waals surface area contributed by atoms with Crippen LogP contribution < -0.4 is 5.32 Å². The summed E-state index contributed by atoms with van der Waals surface area (Å²) in [5, 5.41) is 2.87. The van der Waals surface area contributed by atoms with Crippen LogP contribution in [0, 0.1) is 5.92 Å². The first kappa shape index (κ1) is 18.7. The van der Waals surface area contributed by atoms with Gasteiger partial charge in [0.2, 0.25) is 5.91 Å². The minimum Gasteiger partial charge on any atom is -0.489 e. The minimum atomic E-state index is -0.0183. The molecule has 1 saturated heterocycles. The fourth-order valence-corrected chi connectivity index (χ4v) is 2.36. The third-order valence-electron chi connectivity index (χ3n) is 3.87. The fraction of sp³-hybridized carbons (Fsp3) is 0.300. The number of rotatable bonds is 8. The highest BCUT2D eigenvalue weighted by molar-refractivity contribution is 5.91. The minimum absolute atomic E-state index is 0.0128. The van der Waals surface area contributed by atoms with Crippen LogP contribution in [0.15, 0.2) is 67.6 Å². The van der Waals surface area contributed by atoms with Crippen LogP contribution in [0.2, 0.25) is 0 Å². The zero-order chi connectivity index (χ0) is 18.1. The Kier molecular flexibility index (Phi) is 7.16. The van der Waals surface area contributed by atoms with Gasteiger partial charge in [0.05, 0.1) is 0 Å². The van der Waals surface area contributed by atoms with Gasteiger partial charge in [-0.25, -0.2) is 4.98 Å². The molecule has 0 unspecified atom stereocenters. The lowest BCUT2D eigenvalue weighted by molar-refractivity contribution is -0.122. The third kappa shape index (κ3) is 6.04. The van der Waals surface area contributed by atoms with Crippen LogP contribution in [0.4, 0.5) is 5.82 Å². The quantitative estimate of drug-likeness (QED) is 0.578. The van der Waals surface area contributed by atoms with Crippen LogP contribution in [0.3, 0.4) is 0 Å². The van der Waals surface area contributed by atoms with Gasteiger partial charge in [0.25, 0.3) is 0 Å². The zero-order valence-electron chi connectivity index (χ0n) is 14.4. The van der Waals surface area contributed by atoms with Gasteiger partial charge in [-0.1, -0.05) is 38.0 Å². The van der Waals surface area contributed by atoms with Gasteiger partial charge >= 0.3 is 0 Å². The molecular formula is C20H24N2O3. The lowest BCUT2D eigenvalue weighted by Crippen LogP contribution is -2.28. The Morgan fingerprint density at radius 2 is 2.16 bits per heavy atom. The van der Waals surface area contributed by atoms with Gasteiger partial charge in [0.1, 0.15) is 18.2 Å². The molecule has 0 atom stereocenters. The second-order valence-corrected chi connectivity index (χ2v) is 5.76. The van der Waals surface area contributed by atoms with Crippen molar-refractivity contribution in [1.82, 2.24) is 4.98 Å². The maximum atomic E-state index is 12.3. The maximum absolute atomic E-state index is 12.3. The summed E-state index contributed by atoms with van der Waals surface area (Å²) in [6.45, 7) is 12.9. The number of allylic oxidation sites excluding steroid dienone is 3. The van der Waals surface area contributed by atoms with Gasteiger partial charge < -0.3 is 14.8 Å². The molecule has 2 heterocycles. The molecule has 1 aliphatic heterocycles. The molecule has 1 aromatic rings. The van der Waals surface area contributed by atoms with E-state index in [0.717, 1.165) is 18.4 Å². The van der Waals surface area contributed by atoms with Gasteiger partial charge in [-0.2, -0.15) is 0 Å². The molecule has 1 N–H and O–H groups in total. The van der Waals surface area contributed by atoms with E-state index in [1.807, 2.05) is 6.07 Å². The molecule has 0 radical (unpaired) electrons. The second kappa shape index (κ2) is 9.59. The molecule has 1 aromatic heterocycles. The summed E-state index contributed by atoms with van der Waals surface area (Å²) >= 11 is 0. The van der Waals surface area contributed by atoms with Crippen molar-refractivity contribution in [2.45, 2.75) is 19.4 Å². The molecule has 5 nitrogen and oxygen atoms in total. The molecule has 1 fully saturated rings. The molecule has 0 spiro atoms. The van der Waals surface area contributed by atoms with Gasteiger partial charge in [-0.15, -0.1) is 0 Å². The Balaban J connectivity index is 1.89. The summed E-state index contributed by atoms with van der Waals surface area (Å²) in [5.41, 5.74) is 1.57. The van der Waals surface area contributed by atoms with Crippen LogP contribution in [0.1, 0.15) is 18.4 Å². The van der Waals surface area contributed by atoms with E-state index in [4.69, 9.17) is 9.47 Å². The first-order valence-electron chi connectivity index (χ1n) is 8.23. The predicted molar refractivity (Wildman–Crippen MR) is 98.8 cm³/mol. The normalized spacial score (nSPS) is 14.9. The Hall–Kier alpha value is -2.66. The number of hydrogen-bond donors (Lipinski definition) is 1. The van der Waals surface area contributed by atoms with E-state index in [2.05, 4.69) is 30.0 Å². The zero-order valence-corrected chi connectivity index (χ0v) is 14.4. The van der Waals surface area contributed by atoms with Crippen molar-refractivity contribution < 1.29 is 14.3 Å². The maximum Gasteiger partial charge on any atom is 0.228 e. The number of nitrogens with one attached hydrogen (secondary N) is 1. The summed E-state index contributed by atoms with van der Waals surface area (Å²) in [5.74, 6) is 0.979. The third-order valence-corrected chi connectivity index (χ3v) is 3.87. The largest absolute Gasteiger partial charge is 0.489 e. The van der Waals surface area contributed by atoms with Crippen molar-refractivity contribution in [3.8, 4) is 0 Å². The van der Waals surface area contributed by atoms with Crippen molar-refractivity contribution in [2.75, 3.05) is 18.5 Å². The Bertz CT molecular complexity index is 673. The van der Waals surface area contributed by atoms with E-state index in [-0.39, 0.29) is 11.8 Å². The Labute approximate surface area is 148 Å². The molecular weight excluding hydrogens is 316 g/mol. The summed E-state index contributed by atoms with van der Waals surface area (Å²) in [7, 11) is 0. The lowest BCUT2D eigenvalue weighted by Gasteiger charge is -2.21. The average Bonchev–Trinajstić information content (AvgIpc) is 2.65. The number of carbonyl (C=O) groups excluding carboxylic acids is 1. The highest BCUT2D eigenvalue weighted by Gasteiger charge is 2.21. The van der Waals surface area contributed by atoms with Gasteiger partial charge in [0, 0.05) is 30.9 Å². The molecule has 1 aliphatic rings. The first-order chi connectivity index (χ1) is 12.1. The van der Waals surface area contributed by atoms with Crippen molar-refractivity contribution >= 4 is 11.7 Å². The summed E-state index contributed by atoms with van der Waals surface area (Å²) in [6, 6.07) is 3.63. The Morgan fingerprint density at radius 3 is 2.88 bits per heavy atom. The standard InChI is InChI=1S/C20H24N2O3/c1-4-5-6-15(2)16(3)25-14-17-7-10-21-19(13-17)22-20(23)18-8-11-24-12-9-18/h4-7,10,13,18H,1-3,8-9,11-12,14H2,(H,21,22,23). The Morgan fingerprint density at radius 1 is 1.40 bits per heavy atom. The smallest absolute Gasteiger partial charge is 0.228 e. The van der Waals surface area contributed by atoms with E-state index in [1.54, 1.807) is 30.5 Å². The highest BCUT2D eigenvalue weighted by atomic mass is 16.5. The van der Waals surface area contributed by atoms with Gasteiger partial charge in [-0.05, 0) is 30.5 Å². The number of carbonyl (C=O) groups is 1. The molecule has 25 heavy (non-hydrogen) atoms. The summed E-state index contributed by atoms with van der Waals surface area (Å²) in [4.78, 5) is 16.5. The number of ether oxygens (including phenoxy) is 2. The number of pyridine rings is 1. The van der Waals surface area contributed by atoms with Crippen molar-refractivity contribution in [1.29, 1.82) is 0 Å². The van der Waals surface area contributed by atoms with Crippen LogP contribution in [-0.4, -0.2) is 24.1 Å².